The number of fused-ring (bicyclic) bond motifs is 1. The lowest BCUT2D eigenvalue weighted by Gasteiger charge is -2.42. The number of nitrogen functional groups attached to an aromatic ring is 1. The predicted molar refractivity (Wildman–Crippen MR) is 175 cm³/mol. The number of ether oxygens (including phenoxy) is 5. The molecule has 3 fully saturated rings. The van der Waals surface area contributed by atoms with Crippen LogP contribution in [0.25, 0.3) is 0 Å². The van der Waals surface area contributed by atoms with Gasteiger partial charge in [0.2, 0.25) is 10.0 Å². The van der Waals surface area contributed by atoms with Crippen LogP contribution in [0.1, 0.15) is 25.8 Å². The van der Waals surface area contributed by atoms with Crippen LogP contribution in [0.4, 0.5) is 10.5 Å². The molecule has 5 rings (SSSR count). The molecular weight excluding hydrogens is 678 g/mol. The summed E-state index contributed by atoms with van der Waals surface area (Å²) in [6.45, 7) is 3.75. The molecule has 2 aromatic carbocycles. The van der Waals surface area contributed by atoms with Gasteiger partial charge in [-0.25, -0.2) is 18.0 Å². The molecule has 1 amide bonds. The van der Waals surface area contributed by atoms with Crippen LogP contribution >= 0.6 is 0 Å². The normalized spacial score (nSPS) is 29.4. The lowest BCUT2D eigenvalue weighted by Crippen LogP contribution is -2.62. The molecule has 276 valence electrons. The molecule has 0 unspecified atom stereocenters. The van der Waals surface area contributed by atoms with Crippen LogP contribution in [0.2, 0.25) is 0 Å². The zero-order valence-electron chi connectivity index (χ0n) is 27.7. The largest absolute Gasteiger partial charge is 0.479 e. The number of hydrogen-bond acceptors (Lipinski definition) is 13. The minimum absolute atomic E-state index is 0.00920. The predicted octanol–water partition coefficient (Wildman–Crippen LogP) is 0.292. The van der Waals surface area contributed by atoms with E-state index in [1.54, 1.807) is 30.3 Å². The van der Waals surface area contributed by atoms with E-state index in [9.17, 15) is 38.4 Å². The smallest absolute Gasteiger partial charge is 0.407 e. The number of aliphatic hydroxyl groups is 3. The number of nitrogens with one attached hydrogen (secondary N) is 1. The van der Waals surface area contributed by atoms with Crippen molar-refractivity contribution >= 4 is 27.8 Å². The van der Waals surface area contributed by atoms with Gasteiger partial charge in [0.15, 0.2) is 18.7 Å². The Morgan fingerprint density at radius 1 is 1.00 bits per heavy atom. The highest BCUT2D eigenvalue weighted by molar-refractivity contribution is 7.89. The Morgan fingerprint density at radius 3 is 2.36 bits per heavy atom. The van der Waals surface area contributed by atoms with E-state index in [0.29, 0.717) is 24.3 Å². The number of alkyl carbamates (subject to hydrolysis) is 1. The standard InChI is InChI=1S/C33H45N3O13S/c1-18(2)15-36(50(43,44)21-10-8-20(34)9-11-21)16-24(47-32-28(39)26(37)27(38)29(49-32)30(40)41)23(14-19-6-4-3-5-7-19)35-33(42)48-25-17-46-31-22(25)12-13-45-31/h3-11,18,22-29,31-32,37-39H,12-17,34H2,1-2H3,(H,35,42)(H,40,41)/t22-,23-,24+,25-,26-,27-,28+,29-,31+,32+/m0/s1. The van der Waals surface area contributed by atoms with Gasteiger partial charge in [-0.3, -0.25) is 0 Å². The summed E-state index contributed by atoms with van der Waals surface area (Å²) in [6, 6.07) is 13.4. The summed E-state index contributed by atoms with van der Waals surface area (Å²) < 4.78 is 57.9. The molecule has 3 saturated heterocycles. The third-order valence-electron chi connectivity index (χ3n) is 8.89. The second-order valence-corrected chi connectivity index (χ2v) is 15.0. The quantitative estimate of drug-likeness (QED) is 0.144. The number of anilines is 1. The maximum Gasteiger partial charge on any atom is 0.407 e. The lowest BCUT2D eigenvalue weighted by molar-refractivity contribution is -0.306. The second-order valence-electron chi connectivity index (χ2n) is 13.1. The molecule has 16 nitrogen and oxygen atoms in total. The maximum atomic E-state index is 14.1. The number of amides is 1. The Bertz CT molecular complexity index is 1550. The second kappa shape index (κ2) is 16.3. The highest BCUT2D eigenvalue weighted by Crippen LogP contribution is 2.33. The van der Waals surface area contributed by atoms with Crippen LogP contribution in [0.5, 0.6) is 0 Å². The molecular formula is C33H45N3O13S. The van der Waals surface area contributed by atoms with Gasteiger partial charge < -0.3 is 55.2 Å². The van der Waals surface area contributed by atoms with Crippen LogP contribution < -0.4 is 11.1 Å². The average molecular weight is 724 g/mol. The van der Waals surface area contributed by atoms with Gasteiger partial charge in [0, 0.05) is 18.8 Å². The first-order chi connectivity index (χ1) is 23.7. The van der Waals surface area contributed by atoms with E-state index in [2.05, 4.69) is 5.32 Å². The summed E-state index contributed by atoms with van der Waals surface area (Å²) in [5.74, 6) is -1.99. The Balaban J connectivity index is 1.51. The summed E-state index contributed by atoms with van der Waals surface area (Å²) in [4.78, 5) is 25.4. The molecule has 7 N–H and O–H groups in total. The lowest BCUT2D eigenvalue weighted by atomic mass is 9.98. The van der Waals surface area contributed by atoms with E-state index in [0.717, 1.165) is 4.31 Å². The fourth-order valence-electron chi connectivity index (χ4n) is 6.28. The Kier molecular flexibility index (Phi) is 12.3. The minimum Gasteiger partial charge on any atom is -0.479 e. The third kappa shape index (κ3) is 8.90. The van der Waals surface area contributed by atoms with E-state index >= 15 is 0 Å². The van der Waals surface area contributed by atoms with Crippen LogP contribution in [-0.2, 0) is 44.9 Å². The molecule has 10 atom stereocenters. The number of carboxylic acid groups (broad SMARTS) is 1. The topological polar surface area (TPSA) is 237 Å². The molecule has 17 heteroatoms. The minimum atomic E-state index is -4.23. The van der Waals surface area contributed by atoms with Crippen molar-refractivity contribution in [3.05, 3.63) is 60.2 Å². The fourth-order valence-corrected chi connectivity index (χ4v) is 7.90. The molecule has 3 aliphatic heterocycles. The van der Waals surface area contributed by atoms with Crippen molar-refractivity contribution in [2.24, 2.45) is 11.8 Å². The number of aliphatic hydroxyl groups excluding tert-OH is 3. The summed E-state index contributed by atoms with van der Waals surface area (Å²) in [5.41, 5.74) is 6.87. The maximum absolute atomic E-state index is 14.1. The van der Waals surface area contributed by atoms with Crippen molar-refractivity contribution in [3.63, 3.8) is 0 Å². The monoisotopic (exact) mass is 723 g/mol. The van der Waals surface area contributed by atoms with Crippen molar-refractivity contribution in [1.82, 2.24) is 9.62 Å². The SMILES string of the molecule is CC(C)CN(C[C@@H](O[C@@H]1O[C@H](C(=O)O)[C@@H](O)[C@H](O)[C@H]1O)[C@H](Cc1ccccc1)NC(=O)O[C@H]1CO[C@H]2OCC[C@H]21)S(=O)(=O)c1ccc(N)cc1. The molecule has 2 aromatic rings. The molecule has 3 heterocycles. The van der Waals surface area contributed by atoms with E-state index in [1.165, 1.54) is 24.3 Å². The average Bonchev–Trinajstić information content (AvgIpc) is 3.69. The van der Waals surface area contributed by atoms with Gasteiger partial charge in [-0.2, -0.15) is 4.31 Å². The third-order valence-corrected chi connectivity index (χ3v) is 10.7. The fraction of sp³-hybridized carbons (Fsp3) is 0.576. The number of sulfonamides is 1. The van der Waals surface area contributed by atoms with Crippen LogP contribution in [0.15, 0.2) is 59.5 Å². The van der Waals surface area contributed by atoms with Gasteiger partial charge in [0.1, 0.15) is 24.4 Å². The van der Waals surface area contributed by atoms with Crippen LogP contribution in [0.3, 0.4) is 0 Å². The highest BCUT2D eigenvalue weighted by Gasteiger charge is 2.49. The van der Waals surface area contributed by atoms with Gasteiger partial charge >= 0.3 is 12.1 Å². The molecule has 0 saturated carbocycles. The van der Waals surface area contributed by atoms with E-state index in [4.69, 9.17) is 29.4 Å². The summed E-state index contributed by atoms with van der Waals surface area (Å²) in [6.07, 6.45) is -12.4. The van der Waals surface area contributed by atoms with Crippen LogP contribution in [-0.4, -0.2) is 127 Å². The van der Waals surface area contributed by atoms with Gasteiger partial charge in [0.25, 0.3) is 0 Å². The number of carbonyl (C=O) groups is 2. The van der Waals surface area contributed by atoms with E-state index in [-0.39, 0.29) is 36.3 Å². The van der Waals surface area contributed by atoms with E-state index < -0.39 is 83.9 Å². The first-order valence-electron chi connectivity index (χ1n) is 16.4. The van der Waals surface area contributed by atoms with Crippen molar-refractivity contribution < 1.29 is 62.1 Å². The first-order valence-corrected chi connectivity index (χ1v) is 17.9. The number of rotatable bonds is 14. The molecule has 3 aliphatic rings. The molecule has 0 bridgehead atoms. The summed E-state index contributed by atoms with van der Waals surface area (Å²) in [5, 5.41) is 44.2. The number of nitrogens with two attached hydrogens (primary N) is 1. The number of nitrogens with zero attached hydrogens (tertiary/aromatic N) is 1. The van der Waals surface area contributed by atoms with Crippen molar-refractivity contribution in [2.45, 2.75) is 86.8 Å². The highest BCUT2D eigenvalue weighted by atomic mass is 32.2. The Morgan fingerprint density at radius 2 is 1.70 bits per heavy atom. The first kappa shape index (κ1) is 37.9. The van der Waals surface area contributed by atoms with Crippen molar-refractivity contribution in [2.75, 3.05) is 32.0 Å². The van der Waals surface area contributed by atoms with Gasteiger partial charge in [-0.1, -0.05) is 44.2 Å². The Hall–Kier alpha value is -3.39. The molecule has 0 radical (unpaired) electrons. The summed E-state index contributed by atoms with van der Waals surface area (Å²) >= 11 is 0. The summed E-state index contributed by atoms with van der Waals surface area (Å²) in [7, 11) is -4.23. The van der Waals surface area contributed by atoms with Gasteiger partial charge in [-0.05, 0) is 48.6 Å². The van der Waals surface area contributed by atoms with E-state index in [1.807, 2.05) is 13.8 Å². The number of carbonyl (C=O) groups excluding carboxylic acids is 1. The van der Waals surface area contributed by atoms with Crippen molar-refractivity contribution in [3.8, 4) is 0 Å². The van der Waals surface area contributed by atoms with Gasteiger partial charge in [0.05, 0.1) is 36.2 Å². The number of hydrogen-bond donors (Lipinski definition) is 6. The van der Waals surface area contributed by atoms with Crippen molar-refractivity contribution in [1.29, 1.82) is 0 Å². The molecule has 0 aliphatic carbocycles. The zero-order valence-corrected chi connectivity index (χ0v) is 28.5. The van der Waals surface area contributed by atoms with Gasteiger partial charge in [-0.15, -0.1) is 0 Å². The number of aliphatic carboxylic acids is 1. The molecule has 50 heavy (non-hydrogen) atoms. The molecule has 0 spiro atoms. The number of carboxylic acids is 1. The molecule has 0 aromatic heterocycles. The number of benzene rings is 2. The Labute approximate surface area is 290 Å². The van der Waals surface area contributed by atoms with Crippen LogP contribution in [0, 0.1) is 11.8 Å². The zero-order chi connectivity index (χ0) is 36.2.